The highest BCUT2D eigenvalue weighted by Crippen LogP contribution is 2.23. The molecule has 0 unspecified atom stereocenters. The van der Waals surface area contributed by atoms with Crippen LogP contribution < -0.4 is 5.32 Å². The van der Waals surface area contributed by atoms with E-state index in [9.17, 15) is 14.7 Å². The number of benzene rings is 1. The van der Waals surface area contributed by atoms with Crippen LogP contribution in [0.4, 0.5) is 0 Å². The van der Waals surface area contributed by atoms with Gasteiger partial charge in [-0.15, -0.1) is 0 Å². The van der Waals surface area contributed by atoms with Gasteiger partial charge in [0.05, 0.1) is 0 Å². The number of hydrogen-bond donors (Lipinski definition) is 2. The monoisotopic (exact) mass is 304 g/mol. The Bertz CT molecular complexity index is 688. The Morgan fingerprint density at radius 1 is 1.29 bits per heavy atom. The first-order chi connectivity index (χ1) is 9.99. The van der Waals surface area contributed by atoms with Crippen LogP contribution in [0.25, 0.3) is 0 Å². The van der Waals surface area contributed by atoms with Crippen LogP contribution in [0.1, 0.15) is 27.7 Å². The van der Waals surface area contributed by atoms with E-state index in [0.717, 1.165) is 0 Å². The number of hydrogen-bond acceptors (Lipinski definition) is 3. The van der Waals surface area contributed by atoms with E-state index in [1.807, 2.05) is 0 Å². The van der Waals surface area contributed by atoms with E-state index in [1.54, 1.807) is 37.3 Å². The van der Waals surface area contributed by atoms with Crippen molar-refractivity contribution in [3.63, 3.8) is 0 Å². The number of carboxylic acid groups (broad SMARTS) is 1. The summed E-state index contributed by atoms with van der Waals surface area (Å²) in [5, 5.41) is 12.1. The van der Waals surface area contributed by atoms with Gasteiger partial charge in [-0.05, 0) is 25.1 Å². The number of carboxylic acids is 1. The molecule has 1 atom stereocenters. The largest absolute Gasteiger partial charge is 0.479 e. The van der Waals surface area contributed by atoms with E-state index in [0.29, 0.717) is 16.8 Å². The molecule has 2 N–H and O–H groups in total. The third-order valence-electron chi connectivity index (χ3n) is 2.90. The number of rotatable bonds is 4. The van der Waals surface area contributed by atoms with Crippen molar-refractivity contribution < 1.29 is 14.7 Å². The summed E-state index contributed by atoms with van der Waals surface area (Å²) < 4.78 is 0. The van der Waals surface area contributed by atoms with Gasteiger partial charge in [-0.25, -0.2) is 4.79 Å². The number of amides is 1. The molecule has 0 fully saturated rings. The fourth-order valence-corrected chi connectivity index (χ4v) is 2.13. The average Bonchev–Trinajstić information content (AvgIpc) is 2.45. The van der Waals surface area contributed by atoms with Gasteiger partial charge in [-0.3, -0.25) is 9.78 Å². The summed E-state index contributed by atoms with van der Waals surface area (Å²) in [6.45, 7) is 1.75. The minimum atomic E-state index is -1.21. The zero-order chi connectivity index (χ0) is 15.4. The molecule has 0 bridgehead atoms. The maximum Gasteiger partial charge on any atom is 0.330 e. The van der Waals surface area contributed by atoms with Crippen molar-refractivity contribution in [3.8, 4) is 0 Å². The summed E-state index contributed by atoms with van der Waals surface area (Å²) >= 11 is 5.99. The van der Waals surface area contributed by atoms with Crippen LogP contribution in [-0.2, 0) is 4.79 Å². The van der Waals surface area contributed by atoms with Crippen LogP contribution >= 0.6 is 11.6 Å². The Labute approximate surface area is 126 Å². The number of halogens is 1. The van der Waals surface area contributed by atoms with Crippen LogP contribution in [0.5, 0.6) is 0 Å². The molecule has 1 aromatic heterocycles. The maximum absolute atomic E-state index is 12.2. The first-order valence-corrected chi connectivity index (χ1v) is 6.57. The molecule has 0 spiro atoms. The molecule has 0 aliphatic rings. The van der Waals surface area contributed by atoms with E-state index in [1.165, 1.54) is 12.3 Å². The Morgan fingerprint density at radius 3 is 2.62 bits per heavy atom. The van der Waals surface area contributed by atoms with Crippen LogP contribution in [-0.4, -0.2) is 22.0 Å². The summed E-state index contributed by atoms with van der Waals surface area (Å²) in [4.78, 5) is 27.5. The second kappa shape index (κ2) is 6.37. The van der Waals surface area contributed by atoms with E-state index < -0.39 is 17.9 Å². The van der Waals surface area contributed by atoms with Gasteiger partial charge in [0.1, 0.15) is 0 Å². The number of aliphatic carboxylic acids is 1. The summed E-state index contributed by atoms with van der Waals surface area (Å²) in [6, 6.07) is 8.40. The quantitative estimate of drug-likeness (QED) is 0.910. The van der Waals surface area contributed by atoms with Gasteiger partial charge in [0, 0.05) is 28.0 Å². The molecule has 2 aromatic rings. The van der Waals surface area contributed by atoms with Crippen molar-refractivity contribution in [2.45, 2.75) is 13.0 Å². The molecule has 0 aliphatic carbocycles. The number of aromatic nitrogens is 1. The molecule has 1 amide bonds. The first-order valence-electron chi connectivity index (χ1n) is 6.20. The Balaban J connectivity index is 2.27. The number of carbonyl (C=O) groups excluding carboxylic acids is 1. The SMILES string of the molecule is Cc1cc(C(=O)N[C@@H](C(=O)O)c2ccccc2Cl)ccn1. The number of aryl methyl sites for hydroxylation is 1. The minimum absolute atomic E-state index is 0.288. The highest BCUT2D eigenvalue weighted by Gasteiger charge is 2.24. The fourth-order valence-electron chi connectivity index (χ4n) is 1.88. The zero-order valence-corrected chi connectivity index (χ0v) is 12.0. The second-order valence-corrected chi connectivity index (χ2v) is 4.86. The molecule has 0 aliphatic heterocycles. The Hall–Kier alpha value is -2.40. The Kier molecular flexibility index (Phi) is 4.55. The highest BCUT2D eigenvalue weighted by atomic mass is 35.5. The standard InChI is InChI=1S/C15H13ClN2O3/c1-9-8-10(6-7-17-9)14(19)18-13(15(20)21)11-4-2-3-5-12(11)16/h2-8,13H,1H3,(H,18,19)(H,20,21)/t13-/m1/s1. The van der Waals surface area contributed by atoms with E-state index in [-0.39, 0.29) is 5.02 Å². The lowest BCUT2D eigenvalue weighted by Crippen LogP contribution is -2.34. The summed E-state index contributed by atoms with van der Waals surface area (Å²) in [7, 11) is 0. The summed E-state index contributed by atoms with van der Waals surface area (Å²) in [5.74, 6) is -1.67. The number of nitrogens with one attached hydrogen (secondary N) is 1. The lowest BCUT2D eigenvalue weighted by molar-refractivity contribution is -0.139. The molecule has 21 heavy (non-hydrogen) atoms. The molecule has 1 aromatic carbocycles. The zero-order valence-electron chi connectivity index (χ0n) is 11.2. The predicted octanol–water partition coefficient (Wildman–Crippen LogP) is 2.60. The molecule has 1 heterocycles. The van der Waals surface area contributed by atoms with E-state index in [4.69, 9.17) is 11.6 Å². The van der Waals surface area contributed by atoms with Gasteiger partial charge in [0.2, 0.25) is 0 Å². The number of pyridine rings is 1. The van der Waals surface area contributed by atoms with Gasteiger partial charge >= 0.3 is 5.97 Å². The molecule has 0 saturated heterocycles. The molecule has 2 rings (SSSR count). The van der Waals surface area contributed by atoms with Crippen molar-refractivity contribution in [2.75, 3.05) is 0 Å². The third kappa shape index (κ3) is 3.58. The molecule has 108 valence electrons. The molecule has 6 heteroatoms. The number of carbonyl (C=O) groups is 2. The first kappa shape index (κ1) is 15.0. The van der Waals surface area contributed by atoms with E-state index in [2.05, 4.69) is 10.3 Å². The van der Waals surface area contributed by atoms with Gasteiger partial charge in [-0.1, -0.05) is 29.8 Å². The fraction of sp³-hybridized carbons (Fsp3) is 0.133. The van der Waals surface area contributed by atoms with E-state index >= 15 is 0 Å². The van der Waals surface area contributed by atoms with Crippen LogP contribution in [0, 0.1) is 6.92 Å². The smallest absolute Gasteiger partial charge is 0.330 e. The normalized spacial score (nSPS) is 11.7. The van der Waals surface area contributed by atoms with Crippen molar-refractivity contribution in [3.05, 3.63) is 64.4 Å². The third-order valence-corrected chi connectivity index (χ3v) is 3.24. The van der Waals surface area contributed by atoms with Crippen LogP contribution in [0.15, 0.2) is 42.6 Å². The van der Waals surface area contributed by atoms with Crippen molar-refractivity contribution in [1.29, 1.82) is 0 Å². The van der Waals surface area contributed by atoms with Crippen LogP contribution in [0.2, 0.25) is 5.02 Å². The molecule has 0 saturated carbocycles. The Morgan fingerprint density at radius 2 is 2.00 bits per heavy atom. The highest BCUT2D eigenvalue weighted by molar-refractivity contribution is 6.31. The molecular weight excluding hydrogens is 292 g/mol. The summed E-state index contributed by atoms with van der Waals surface area (Å²) in [5.41, 5.74) is 1.36. The second-order valence-electron chi connectivity index (χ2n) is 4.45. The number of nitrogens with zero attached hydrogens (tertiary/aromatic N) is 1. The minimum Gasteiger partial charge on any atom is -0.479 e. The molecular formula is C15H13ClN2O3. The van der Waals surface area contributed by atoms with Gasteiger partial charge in [0.25, 0.3) is 5.91 Å². The van der Waals surface area contributed by atoms with Crippen LogP contribution in [0.3, 0.4) is 0 Å². The maximum atomic E-state index is 12.2. The van der Waals surface area contributed by atoms with Crippen molar-refractivity contribution in [2.24, 2.45) is 0 Å². The molecule has 5 nitrogen and oxygen atoms in total. The van der Waals surface area contributed by atoms with Gasteiger partial charge < -0.3 is 10.4 Å². The average molecular weight is 305 g/mol. The topological polar surface area (TPSA) is 79.3 Å². The lowest BCUT2D eigenvalue weighted by Gasteiger charge is -2.16. The van der Waals surface area contributed by atoms with Crippen molar-refractivity contribution >= 4 is 23.5 Å². The van der Waals surface area contributed by atoms with Gasteiger partial charge in [0.15, 0.2) is 6.04 Å². The lowest BCUT2D eigenvalue weighted by atomic mass is 10.1. The molecule has 0 radical (unpaired) electrons. The summed E-state index contributed by atoms with van der Waals surface area (Å²) in [6.07, 6.45) is 1.50. The van der Waals surface area contributed by atoms with Gasteiger partial charge in [-0.2, -0.15) is 0 Å². The predicted molar refractivity (Wildman–Crippen MR) is 78.3 cm³/mol. The van der Waals surface area contributed by atoms with Crippen molar-refractivity contribution in [1.82, 2.24) is 10.3 Å².